The third kappa shape index (κ3) is 3.50. The first kappa shape index (κ1) is 14.8. The van der Waals surface area contributed by atoms with Gasteiger partial charge in [-0.15, -0.1) is 0 Å². The number of halogens is 3. The summed E-state index contributed by atoms with van der Waals surface area (Å²) in [4.78, 5) is 15.5. The smallest absolute Gasteiger partial charge is 0.257 e. The van der Waals surface area contributed by atoms with E-state index in [0.717, 1.165) is 24.4 Å². The lowest BCUT2D eigenvalue weighted by Crippen LogP contribution is -2.14. The van der Waals surface area contributed by atoms with E-state index in [1.807, 2.05) is 0 Å². The molecule has 0 bridgehead atoms. The molecule has 0 aliphatic heterocycles. The van der Waals surface area contributed by atoms with Crippen LogP contribution in [0.15, 0.2) is 30.5 Å². The Balaban J connectivity index is 2.21. The number of aromatic nitrogens is 1. The second-order valence-corrected chi connectivity index (χ2v) is 4.16. The average Bonchev–Trinajstić information content (AvgIpc) is 2.45. The standard InChI is InChI=1S/C14H12F3N3O/c1-2-18-13-10(16)5-8(6-11(13)17)14(21)20-12-4-3-9(15)7-19-12/h3-7,18H,2H2,1H3,(H,19,20,21). The molecule has 0 saturated carbocycles. The topological polar surface area (TPSA) is 54.0 Å². The summed E-state index contributed by atoms with van der Waals surface area (Å²) >= 11 is 0. The van der Waals surface area contributed by atoms with Crippen LogP contribution in [0.1, 0.15) is 17.3 Å². The summed E-state index contributed by atoms with van der Waals surface area (Å²) < 4.78 is 40.1. The Morgan fingerprint density at radius 1 is 1.19 bits per heavy atom. The van der Waals surface area contributed by atoms with Crippen molar-refractivity contribution in [2.45, 2.75) is 6.92 Å². The summed E-state index contributed by atoms with van der Waals surface area (Å²) in [6.45, 7) is 2.04. The van der Waals surface area contributed by atoms with Crippen LogP contribution in [-0.2, 0) is 0 Å². The van der Waals surface area contributed by atoms with Gasteiger partial charge in [0.05, 0.1) is 6.20 Å². The molecule has 4 nitrogen and oxygen atoms in total. The molecule has 0 fully saturated rings. The Bertz CT molecular complexity index is 636. The first-order valence-electron chi connectivity index (χ1n) is 6.17. The van der Waals surface area contributed by atoms with Crippen molar-refractivity contribution in [2.24, 2.45) is 0 Å². The second-order valence-electron chi connectivity index (χ2n) is 4.16. The molecule has 0 unspecified atom stereocenters. The largest absolute Gasteiger partial charge is 0.381 e. The number of carbonyl (C=O) groups excluding carboxylic acids is 1. The fourth-order valence-corrected chi connectivity index (χ4v) is 1.69. The van der Waals surface area contributed by atoms with Crippen molar-refractivity contribution in [3.05, 3.63) is 53.5 Å². The maximum absolute atomic E-state index is 13.7. The molecule has 21 heavy (non-hydrogen) atoms. The SMILES string of the molecule is CCNc1c(F)cc(C(=O)Nc2ccc(F)cn2)cc1F. The second kappa shape index (κ2) is 6.25. The molecule has 1 heterocycles. The summed E-state index contributed by atoms with van der Waals surface area (Å²) in [5.74, 6) is -2.95. The fraction of sp³-hybridized carbons (Fsp3) is 0.143. The number of hydrogen-bond acceptors (Lipinski definition) is 3. The van der Waals surface area contributed by atoms with Crippen molar-refractivity contribution in [1.29, 1.82) is 0 Å². The number of pyridine rings is 1. The van der Waals surface area contributed by atoms with Crippen LogP contribution in [-0.4, -0.2) is 17.4 Å². The van der Waals surface area contributed by atoms with Crippen LogP contribution in [0.2, 0.25) is 0 Å². The van der Waals surface area contributed by atoms with E-state index in [9.17, 15) is 18.0 Å². The molecule has 0 aliphatic carbocycles. The van der Waals surface area contributed by atoms with Crippen molar-refractivity contribution < 1.29 is 18.0 Å². The summed E-state index contributed by atoms with van der Waals surface area (Å²) in [6, 6.07) is 4.19. The number of nitrogens with zero attached hydrogens (tertiary/aromatic N) is 1. The minimum Gasteiger partial charge on any atom is -0.381 e. The predicted octanol–water partition coefficient (Wildman–Crippen LogP) is 3.18. The average molecular weight is 295 g/mol. The minimum atomic E-state index is -0.867. The van der Waals surface area contributed by atoms with Gasteiger partial charge in [-0.25, -0.2) is 18.2 Å². The van der Waals surface area contributed by atoms with E-state index in [1.165, 1.54) is 6.07 Å². The minimum absolute atomic E-state index is 0.0815. The van der Waals surface area contributed by atoms with E-state index < -0.39 is 23.4 Å². The molecule has 2 aromatic rings. The number of benzene rings is 1. The predicted molar refractivity (Wildman–Crippen MR) is 72.7 cm³/mol. The van der Waals surface area contributed by atoms with Gasteiger partial charge in [0.15, 0.2) is 0 Å². The molecular formula is C14H12F3N3O. The van der Waals surface area contributed by atoms with Gasteiger partial charge >= 0.3 is 0 Å². The Kier molecular flexibility index (Phi) is 4.42. The van der Waals surface area contributed by atoms with Crippen LogP contribution in [0.25, 0.3) is 0 Å². The molecule has 1 aromatic heterocycles. The highest BCUT2D eigenvalue weighted by Crippen LogP contribution is 2.21. The van der Waals surface area contributed by atoms with Crippen LogP contribution in [0.3, 0.4) is 0 Å². The number of hydrogen-bond donors (Lipinski definition) is 2. The molecule has 0 saturated heterocycles. The molecule has 0 spiro atoms. The number of nitrogens with one attached hydrogen (secondary N) is 2. The van der Waals surface area contributed by atoms with Gasteiger partial charge in [0.2, 0.25) is 0 Å². The summed E-state index contributed by atoms with van der Waals surface area (Å²) in [5, 5.41) is 4.85. The van der Waals surface area contributed by atoms with Crippen molar-refractivity contribution in [1.82, 2.24) is 4.98 Å². The molecule has 0 aliphatic rings. The quantitative estimate of drug-likeness (QED) is 0.911. The van der Waals surface area contributed by atoms with Crippen LogP contribution >= 0.6 is 0 Å². The van der Waals surface area contributed by atoms with Crippen LogP contribution in [0.4, 0.5) is 24.7 Å². The van der Waals surface area contributed by atoms with E-state index in [2.05, 4.69) is 15.6 Å². The number of amides is 1. The van der Waals surface area contributed by atoms with Gasteiger partial charge < -0.3 is 10.6 Å². The number of rotatable bonds is 4. The van der Waals surface area contributed by atoms with Gasteiger partial charge in [-0.3, -0.25) is 4.79 Å². The lowest BCUT2D eigenvalue weighted by Gasteiger charge is -2.09. The van der Waals surface area contributed by atoms with E-state index >= 15 is 0 Å². The van der Waals surface area contributed by atoms with Gasteiger partial charge in [0.1, 0.15) is 29.0 Å². The highest BCUT2D eigenvalue weighted by molar-refractivity contribution is 6.04. The zero-order valence-corrected chi connectivity index (χ0v) is 11.1. The molecule has 0 radical (unpaired) electrons. The van der Waals surface area contributed by atoms with Crippen molar-refractivity contribution in [3.8, 4) is 0 Å². The van der Waals surface area contributed by atoms with E-state index in [1.54, 1.807) is 6.92 Å². The highest BCUT2D eigenvalue weighted by Gasteiger charge is 2.15. The molecular weight excluding hydrogens is 283 g/mol. The van der Waals surface area contributed by atoms with Gasteiger partial charge in [-0.05, 0) is 31.2 Å². The summed E-state index contributed by atoms with van der Waals surface area (Å²) in [5.41, 5.74) is -0.480. The maximum Gasteiger partial charge on any atom is 0.257 e. The Labute approximate surface area is 119 Å². The fourth-order valence-electron chi connectivity index (χ4n) is 1.69. The van der Waals surface area contributed by atoms with Crippen molar-refractivity contribution in [3.63, 3.8) is 0 Å². The monoisotopic (exact) mass is 295 g/mol. The van der Waals surface area contributed by atoms with E-state index in [-0.39, 0.29) is 17.1 Å². The number of carbonyl (C=O) groups is 1. The summed E-state index contributed by atoms with van der Waals surface area (Å²) in [7, 11) is 0. The molecule has 1 amide bonds. The molecule has 7 heteroatoms. The molecule has 2 rings (SSSR count). The van der Waals surface area contributed by atoms with Crippen LogP contribution in [0.5, 0.6) is 0 Å². The molecule has 110 valence electrons. The zero-order chi connectivity index (χ0) is 15.4. The van der Waals surface area contributed by atoms with Gasteiger partial charge in [0, 0.05) is 12.1 Å². The van der Waals surface area contributed by atoms with E-state index in [4.69, 9.17) is 0 Å². The lowest BCUT2D eigenvalue weighted by molar-refractivity contribution is 0.102. The Morgan fingerprint density at radius 3 is 2.38 bits per heavy atom. The highest BCUT2D eigenvalue weighted by atomic mass is 19.1. The normalized spacial score (nSPS) is 10.3. The third-order valence-corrected chi connectivity index (χ3v) is 2.63. The van der Waals surface area contributed by atoms with Gasteiger partial charge in [-0.1, -0.05) is 0 Å². The first-order chi connectivity index (χ1) is 10.0. The summed E-state index contributed by atoms with van der Waals surface area (Å²) in [6.07, 6.45) is 0.922. The van der Waals surface area contributed by atoms with Crippen LogP contribution in [0, 0.1) is 17.5 Å². The Hall–Kier alpha value is -2.57. The lowest BCUT2D eigenvalue weighted by atomic mass is 10.1. The number of anilines is 2. The van der Waals surface area contributed by atoms with E-state index in [0.29, 0.717) is 6.54 Å². The third-order valence-electron chi connectivity index (χ3n) is 2.63. The van der Waals surface area contributed by atoms with Crippen molar-refractivity contribution in [2.75, 3.05) is 17.2 Å². The molecule has 1 aromatic carbocycles. The van der Waals surface area contributed by atoms with Crippen LogP contribution < -0.4 is 10.6 Å². The Morgan fingerprint density at radius 2 is 1.86 bits per heavy atom. The van der Waals surface area contributed by atoms with Gasteiger partial charge in [0.25, 0.3) is 5.91 Å². The van der Waals surface area contributed by atoms with Gasteiger partial charge in [-0.2, -0.15) is 0 Å². The molecule has 2 N–H and O–H groups in total. The zero-order valence-electron chi connectivity index (χ0n) is 11.1. The molecule has 0 atom stereocenters. The maximum atomic E-state index is 13.7. The van der Waals surface area contributed by atoms with Crippen molar-refractivity contribution >= 4 is 17.4 Å². The first-order valence-corrected chi connectivity index (χ1v) is 6.17.